The second-order valence-corrected chi connectivity index (χ2v) is 7.32. The molecule has 0 saturated carbocycles. The standard InChI is InChI=1S/C21H32FNO2/c1-3-4-5-6-7-8-9-10-18-11-13-19(14-12-18)23-16-15-21(22,17(23)2)20(24)25/h11-14,17H,3-10,15-16H2,1-2H3,(H,24,25)/t17-,21+/m0/s1. The molecule has 1 fully saturated rings. The van der Waals surface area contributed by atoms with Crippen molar-refractivity contribution in [2.24, 2.45) is 0 Å². The highest BCUT2D eigenvalue weighted by atomic mass is 19.1. The van der Waals surface area contributed by atoms with E-state index < -0.39 is 17.7 Å². The molecular formula is C21H32FNO2. The van der Waals surface area contributed by atoms with Crippen LogP contribution in [0.1, 0.15) is 70.8 Å². The number of aryl methyl sites for hydroxylation is 1. The van der Waals surface area contributed by atoms with Crippen LogP contribution < -0.4 is 4.90 Å². The van der Waals surface area contributed by atoms with E-state index in [1.165, 1.54) is 50.5 Å². The number of alkyl halides is 1. The van der Waals surface area contributed by atoms with Gasteiger partial charge in [-0.25, -0.2) is 9.18 Å². The Kier molecular flexibility index (Phi) is 7.27. The first-order chi connectivity index (χ1) is 12.0. The van der Waals surface area contributed by atoms with Crippen LogP contribution in [0.5, 0.6) is 0 Å². The van der Waals surface area contributed by atoms with Gasteiger partial charge in [0.25, 0.3) is 0 Å². The Morgan fingerprint density at radius 2 is 1.76 bits per heavy atom. The van der Waals surface area contributed by atoms with Crippen LogP contribution in [-0.2, 0) is 11.2 Å². The van der Waals surface area contributed by atoms with Crippen molar-refractivity contribution in [1.29, 1.82) is 0 Å². The molecule has 1 aliphatic heterocycles. The summed E-state index contributed by atoms with van der Waals surface area (Å²) in [5.74, 6) is -1.35. The molecule has 1 aliphatic rings. The van der Waals surface area contributed by atoms with Crippen LogP contribution in [0.15, 0.2) is 24.3 Å². The number of carbonyl (C=O) groups is 1. The number of unbranched alkanes of at least 4 members (excludes halogenated alkanes) is 6. The molecule has 0 amide bonds. The van der Waals surface area contributed by atoms with Crippen molar-refractivity contribution >= 4 is 11.7 Å². The summed E-state index contributed by atoms with van der Waals surface area (Å²) in [6, 6.07) is 7.55. The zero-order valence-electron chi connectivity index (χ0n) is 15.6. The van der Waals surface area contributed by atoms with Crippen molar-refractivity contribution in [2.75, 3.05) is 11.4 Å². The number of nitrogens with zero attached hydrogens (tertiary/aromatic N) is 1. The summed E-state index contributed by atoms with van der Waals surface area (Å²) in [7, 11) is 0. The molecule has 0 radical (unpaired) electrons. The Bertz CT molecular complexity index is 545. The lowest BCUT2D eigenvalue weighted by atomic mass is 9.98. The first-order valence-electron chi connectivity index (χ1n) is 9.77. The van der Waals surface area contributed by atoms with Gasteiger partial charge in [0, 0.05) is 18.7 Å². The Morgan fingerprint density at radius 1 is 1.16 bits per heavy atom. The molecule has 0 bridgehead atoms. The third-order valence-electron chi connectivity index (χ3n) is 5.54. The van der Waals surface area contributed by atoms with Crippen molar-refractivity contribution in [3.63, 3.8) is 0 Å². The maximum Gasteiger partial charge on any atom is 0.343 e. The number of hydrogen-bond acceptors (Lipinski definition) is 2. The van der Waals surface area contributed by atoms with Crippen LogP contribution in [0.2, 0.25) is 0 Å². The van der Waals surface area contributed by atoms with Crippen LogP contribution in [0.3, 0.4) is 0 Å². The number of benzene rings is 1. The SMILES string of the molecule is CCCCCCCCCc1ccc(N2CC[C@](F)(C(=O)O)[C@@H]2C)cc1. The van der Waals surface area contributed by atoms with Gasteiger partial charge >= 0.3 is 5.97 Å². The highest BCUT2D eigenvalue weighted by Gasteiger charge is 2.51. The quantitative estimate of drug-likeness (QED) is 0.577. The van der Waals surface area contributed by atoms with Crippen molar-refractivity contribution in [2.45, 2.75) is 83.3 Å². The van der Waals surface area contributed by atoms with E-state index in [0.717, 1.165) is 12.1 Å². The molecular weight excluding hydrogens is 317 g/mol. The molecule has 1 aromatic carbocycles. The van der Waals surface area contributed by atoms with Crippen LogP contribution in [0, 0.1) is 0 Å². The van der Waals surface area contributed by atoms with E-state index in [1.807, 2.05) is 17.0 Å². The second kappa shape index (κ2) is 9.21. The molecule has 1 heterocycles. The van der Waals surface area contributed by atoms with Crippen LogP contribution in [0.4, 0.5) is 10.1 Å². The molecule has 3 nitrogen and oxygen atoms in total. The Balaban J connectivity index is 1.79. The number of carboxylic acid groups (broad SMARTS) is 1. The summed E-state index contributed by atoms with van der Waals surface area (Å²) in [6.07, 6.45) is 10.2. The van der Waals surface area contributed by atoms with Crippen molar-refractivity contribution in [1.82, 2.24) is 0 Å². The van der Waals surface area contributed by atoms with Crippen molar-refractivity contribution in [3.8, 4) is 0 Å². The summed E-state index contributed by atoms with van der Waals surface area (Å²) >= 11 is 0. The minimum atomic E-state index is -2.14. The van der Waals surface area contributed by atoms with Gasteiger partial charge in [-0.1, -0.05) is 57.6 Å². The second-order valence-electron chi connectivity index (χ2n) is 7.32. The molecule has 25 heavy (non-hydrogen) atoms. The van der Waals surface area contributed by atoms with Crippen molar-refractivity contribution < 1.29 is 14.3 Å². The van der Waals surface area contributed by atoms with Gasteiger partial charge in [0.1, 0.15) is 0 Å². The minimum absolute atomic E-state index is 0.0449. The normalized spacial score (nSPS) is 23.2. The first-order valence-corrected chi connectivity index (χ1v) is 9.77. The van der Waals surface area contributed by atoms with Crippen LogP contribution >= 0.6 is 0 Å². The van der Waals surface area contributed by atoms with E-state index in [-0.39, 0.29) is 6.42 Å². The number of carboxylic acids is 1. The van der Waals surface area contributed by atoms with E-state index in [0.29, 0.717) is 6.54 Å². The highest BCUT2D eigenvalue weighted by molar-refractivity contribution is 5.80. The maximum atomic E-state index is 14.5. The number of anilines is 1. The topological polar surface area (TPSA) is 40.5 Å². The predicted octanol–water partition coefficient (Wildman–Crippen LogP) is 5.37. The van der Waals surface area contributed by atoms with Gasteiger partial charge in [0.05, 0.1) is 6.04 Å². The fourth-order valence-electron chi connectivity index (χ4n) is 3.71. The molecule has 2 atom stereocenters. The van der Waals surface area contributed by atoms with Crippen molar-refractivity contribution in [3.05, 3.63) is 29.8 Å². The molecule has 0 unspecified atom stereocenters. The molecule has 1 N–H and O–H groups in total. The van der Waals surface area contributed by atoms with Crippen LogP contribution in [-0.4, -0.2) is 29.3 Å². The monoisotopic (exact) mass is 349 g/mol. The zero-order valence-corrected chi connectivity index (χ0v) is 15.6. The summed E-state index contributed by atoms with van der Waals surface area (Å²) < 4.78 is 14.5. The molecule has 1 saturated heterocycles. The van der Waals surface area contributed by atoms with E-state index in [1.54, 1.807) is 6.92 Å². The lowest BCUT2D eigenvalue weighted by molar-refractivity contribution is -0.150. The average molecular weight is 349 g/mol. The highest BCUT2D eigenvalue weighted by Crippen LogP contribution is 2.36. The predicted molar refractivity (Wildman–Crippen MR) is 101 cm³/mol. The Morgan fingerprint density at radius 3 is 2.32 bits per heavy atom. The van der Waals surface area contributed by atoms with Gasteiger partial charge < -0.3 is 10.0 Å². The smallest absolute Gasteiger partial charge is 0.343 e. The zero-order chi connectivity index (χ0) is 18.3. The Hall–Kier alpha value is -1.58. The van der Waals surface area contributed by atoms with E-state index in [2.05, 4.69) is 19.1 Å². The van der Waals surface area contributed by atoms with Gasteiger partial charge in [-0.15, -0.1) is 0 Å². The third-order valence-corrected chi connectivity index (χ3v) is 5.54. The number of rotatable bonds is 10. The van der Waals surface area contributed by atoms with E-state index in [4.69, 9.17) is 5.11 Å². The van der Waals surface area contributed by atoms with Gasteiger partial charge in [-0.05, 0) is 37.5 Å². The van der Waals surface area contributed by atoms with Gasteiger partial charge in [-0.3, -0.25) is 0 Å². The van der Waals surface area contributed by atoms with E-state index in [9.17, 15) is 9.18 Å². The van der Waals surface area contributed by atoms with Crippen LogP contribution in [0.25, 0.3) is 0 Å². The Labute approximate surface area is 151 Å². The molecule has 0 aliphatic carbocycles. The summed E-state index contributed by atoms with van der Waals surface area (Å²) in [5.41, 5.74) is 0.0710. The molecule has 1 aromatic rings. The number of halogens is 1. The third kappa shape index (κ3) is 4.96. The lowest BCUT2D eigenvalue weighted by Crippen LogP contribution is -2.45. The molecule has 140 valence electrons. The van der Waals surface area contributed by atoms with Gasteiger partial charge in [0.2, 0.25) is 5.67 Å². The summed E-state index contributed by atoms with van der Waals surface area (Å²) in [5, 5.41) is 9.14. The summed E-state index contributed by atoms with van der Waals surface area (Å²) in [6.45, 7) is 4.34. The minimum Gasteiger partial charge on any atom is -0.479 e. The molecule has 0 spiro atoms. The number of aliphatic carboxylic acids is 1. The maximum absolute atomic E-state index is 14.5. The number of hydrogen-bond donors (Lipinski definition) is 1. The first kappa shape index (κ1) is 19.7. The fourth-order valence-corrected chi connectivity index (χ4v) is 3.71. The van der Waals surface area contributed by atoms with Gasteiger partial charge in [-0.2, -0.15) is 0 Å². The largest absolute Gasteiger partial charge is 0.479 e. The van der Waals surface area contributed by atoms with E-state index >= 15 is 0 Å². The lowest BCUT2D eigenvalue weighted by Gasteiger charge is -2.28. The summed E-state index contributed by atoms with van der Waals surface area (Å²) in [4.78, 5) is 13.1. The molecule has 2 rings (SSSR count). The molecule has 4 heteroatoms. The van der Waals surface area contributed by atoms with Gasteiger partial charge in [0.15, 0.2) is 0 Å². The molecule has 0 aromatic heterocycles. The fraction of sp³-hybridized carbons (Fsp3) is 0.667. The average Bonchev–Trinajstić information content (AvgIpc) is 2.91.